The first-order valence-electron chi connectivity index (χ1n) is 4.37. The van der Waals surface area contributed by atoms with E-state index in [1.54, 1.807) is 0 Å². The van der Waals surface area contributed by atoms with Crippen LogP contribution in [-0.4, -0.2) is 61.5 Å². The SMILES string of the molecule is O=C(O)CC(O)(CC(=O)O)C(=O)O.O=S(=O)([O-])[O-].[Cl][Zn][I].[K+].[Mn]. The molecule has 1 radical (unpaired) electrons. The maximum absolute atomic E-state index is 10.3. The predicted molar refractivity (Wildman–Crippen MR) is 67.4 cm³/mol. The first-order valence-corrected chi connectivity index (χ1v) is 18.7. The van der Waals surface area contributed by atoms with Gasteiger partial charge >= 0.3 is 111 Å². The van der Waals surface area contributed by atoms with E-state index in [9.17, 15) is 14.4 Å². The Morgan fingerprint density at radius 1 is 1.09 bits per heavy atom. The summed E-state index contributed by atoms with van der Waals surface area (Å²) in [6, 6.07) is 0. The molecular formula is C6H8ClIKMnO11SZn-. The molecule has 0 aliphatic carbocycles. The van der Waals surface area contributed by atoms with Crippen molar-refractivity contribution in [2.24, 2.45) is 0 Å². The molecule has 17 heteroatoms. The smallest absolute Gasteiger partial charge is 0 e. The van der Waals surface area contributed by atoms with E-state index in [4.69, 9.17) is 47.6 Å². The average molecular weight is 610 g/mol. The average Bonchev–Trinajstić information content (AvgIpc) is 2.12. The van der Waals surface area contributed by atoms with E-state index in [1.807, 2.05) is 0 Å². The third-order valence-corrected chi connectivity index (χ3v) is 1.29. The molecule has 0 rings (SSSR count). The summed E-state index contributed by atoms with van der Waals surface area (Å²) < 4.78 is 34.1. The van der Waals surface area contributed by atoms with E-state index in [0.717, 1.165) is 0 Å². The summed E-state index contributed by atoms with van der Waals surface area (Å²) in [7, 11) is 0.00596. The van der Waals surface area contributed by atoms with Gasteiger partial charge in [-0.15, -0.1) is 0 Å². The van der Waals surface area contributed by atoms with Crippen LogP contribution in [0.15, 0.2) is 0 Å². The van der Waals surface area contributed by atoms with Crippen molar-refractivity contribution in [3.05, 3.63) is 0 Å². The van der Waals surface area contributed by atoms with Crippen LogP contribution >= 0.6 is 29.4 Å². The number of halogens is 2. The molecule has 0 atom stereocenters. The molecule has 0 fully saturated rings. The van der Waals surface area contributed by atoms with Crippen molar-refractivity contribution in [2.45, 2.75) is 18.4 Å². The van der Waals surface area contributed by atoms with Crippen molar-refractivity contribution >= 4 is 57.7 Å². The minimum atomic E-state index is -5.17. The molecule has 4 N–H and O–H groups in total. The van der Waals surface area contributed by atoms with E-state index in [1.165, 1.54) is 0 Å². The van der Waals surface area contributed by atoms with Crippen LogP contribution < -0.4 is 51.4 Å². The minimum Gasteiger partial charge on any atom is 0 e. The van der Waals surface area contributed by atoms with Gasteiger partial charge in [0.25, 0.3) is 0 Å². The Morgan fingerprint density at radius 2 is 1.26 bits per heavy atom. The first-order chi connectivity index (χ1) is 9.19. The van der Waals surface area contributed by atoms with Crippen LogP contribution in [0.2, 0.25) is 0 Å². The van der Waals surface area contributed by atoms with Gasteiger partial charge in [-0.3, -0.25) is 18.0 Å². The van der Waals surface area contributed by atoms with Gasteiger partial charge in [0.2, 0.25) is 0 Å². The molecule has 23 heavy (non-hydrogen) atoms. The Balaban J connectivity index is -0.0000000913. The Hall–Kier alpha value is 2.04. The maximum Gasteiger partial charge on any atom is 1.00 e. The number of rotatable bonds is 5. The molecule has 0 aromatic carbocycles. The number of hydrogen-bond acceptors (Lipinski definition) is 8. The molecule has 11 nitrogen and oxygen atoms in total. The van der Waals surface area contributed by atoms with Crippen molar-refractivity contribution in [3.63, 3.8) is 0 Å². The molecular weight excluding hydrogens is 602 g/mol. The molecule has 0 unspecified atom stereocenters. The quantitative estimate of drug-likeness (QED) is 0.102. The van der Waals surface area contributed by atoms with E-state index in [-0.39, 0.29) is 68.5 Å². The van der Waals surface area contributed by atoms with Crippen LogP contribution in [0.3, 0.4) is 0 Å². The van der Waals surface area contributed by atoms with Crippen molar-refractivity contribution in [1.29, 1.82) is 0 Å². The molecule has 0 spiro atoms. The van der Waals surface area contributed by atoms with E-state index >= 15 is 0 Å². The Labute approximate surface area is 206 Å². The standard InChI is InChI=1S/C6H8O7.ClH.HI.K.Mn.H2O4S.Zn/c7-3(8)1-6(13,5(11)12)2-4(9)10;;;;;1-5(2,3)4;/h13H,1-2H2,(H,7,8)(H,9,10)(H,11,12);2*1H;;;(H2,1,2,3,4);/q;;;+1;;;+2/p-4. The number of aliphatic carboxylic acids is 3. The minimum absolute atomic E-state index is 0. The van der Waals surface area contributed by atoms with Crippen molar-refractivity contribution < 1.29 is 133 Å². The number of hydrogen-bond donors (Lipinski definition) is 4. The second-order valence-electron chi connectivity index (χ2n) is 2.99. The van der Waals surface area contributed by atoms with Crippen LogP contribution in [-0.2, 0) is 54.5 Å². The van der Waals surface area contributed by atoms with Gasteiger partial charge in [-0.2, -0.15) is 0 Å². The number of carboxylic acid groups (broad SMARTS) is 3. The summed E-state index contributed by atoms with van der Waals surface area (Å²) in [6.45, 7) is 0. The number of carbonyl (C=O) groups is 3. The molecule has 0 aromatic rings. The van der Waals surface area contributed by atoms with Crippen LogP contribution in [0.5, 0.6) is 0 Å². The molecule has 129 valence electrons. The molecule has 0 amide bonds. The predicted octanol–water partition coefficient (Wildman–Crippen LogP) is -4.01. The van der Waals surface area contributed by atoms with Crippen molar-refractivity contribution in [3.8, 4) is 0 Å². The zero-order valence-electron chi connectivity index (χ0n) is 11.3. The zero-order chi connectivity index (χ0) is 17.9. The van der Waals surface area contributed by atoms with Crippen molar-refractivity contribution in [1.82, 2.24) is 0 Å². The van der Waals surface area contributed by atoms with Crippen LogP contribution in [0, 0.1) is 0 Å². The second-order valence-corrected chi connectivity index (χ2v) is 14.3. The van der Waals surface area contributed by atoms with Crippen LogP contribution in [0.4, 0.5) is 0 Å². The van der Waals surface area contributed by atoms with E-state index < -0.39 is 59.4 Å². The Bertz CT molecular complexity index is 439. The fourth-order valence-electron chi connectivity index (χ4n) is 0.714. The summed E-state index contributed by atoms with van der Waals surface area (Å²) in [5.74, 6) is -5.02. The molecule has 0 aliphatic heterocycles. The van der Waals surface area contributed by atoms with Crippen LogP contribution in [0.1, 0.15) is 12.8 Å². The van der Waals surface area contributed by atoms with Gasteiger partial charge in [0.05, 0.1) is 12.8 Å². The largest absolute Gasteiger partial charge is 1.00 e. The fourth-order valence-corrected chi connectivity index (χ4v) is 0.714. The van der Waals surface area contributed by atoms with Gasteiger partial charge in [0.15, 0.2) is 5.60 Å². The summed E-state index contributed by atoms with van der Waals surface area (Å²) in [6.07, 6.45) is -2.29. The van der Waals surface area contributed by atoms with Gasteiger partial charge in [-0.25, -0.2) is 4.79 Å². The summed E-state index contributed by atoms with van der Waals surface area (Å²) in [4.78, 5) is 30.5. The maximum atomic E-state index is 10.3. The number of aliphatic hydroxyl groups is 1. The van der Waals surface area contributed by atoms with Gasteiger partial charge in [0, 0.05) is 27.5 Å². The Kier molecular flexibility index (Phi) is 29.5. The third kappa shape index (κ3) is 35.9. The molecule has 0 bridgehead atoms. The monoisotopic (exact) mass is 608 g/mol. The van der Waals surface area contributed by atoms with Gasteiger partial charge in [-0.1, -0.05) is 0 Å². The molecule has 0 aliphatic rings. The molecule has 0 aromatic heterocycles. The molecule has 0 saturated heterocycles. The normalized spacial score (nSPS) is 9.09. The third-order valence-electron chi connectivity index (χ3n) is 1.29. The van der Waals surface area contributed by atoms with E-state index in [0.29, 0.717) is 0 Å². The second kappa shape index (κ2) is 18.8. The van der Waals surface area contributed by atoms with Gasteiger partial charge in [0.1, 0.15) is 0 Å². The van der Waals surface area contributed by atoms with Crippen molar-refractivity contribution in [2.75, 3.05) is 0 Å². The van der Waals surface area contributed by atoms with Gasteiger partial charge in [-0.05, 0) is 0 Å². The summed E-state index contributed by atoms with van der Waals surface area (Å²) in [5.41, 5.74) is -2.74. The molecule has 0 saturated carbocycles. The fraction of sp³-hybridized carbons (Fsp3) is 0.500. The van der Waals surface area contributed by atoms with Gasteiger partial charge < -0.3 is 29.5 Å². The van der Waals surface area contributed by atoms with E-state index in [2.05, 4.69) is 19.8 Å². The topological polar surface area (TPSA) is 212 Å². The zero-order valence-corrected chi connectivity index (χ0v) is 22.3. The number of carboxylic acids is 3. The first kappa shape index (κ1) is 36.0. The van der Waals surface area contributed by atoms with Crippen LogP contribution in [0.25, 0.3) is 0 Å². The summed E-state index contributed by atoms with van der Waals surface area (Å²) >= 11 is 1.81. The molecule has 0 heterocycles. The Morgan fingerprint density at radius 3 is 1.35 bits per heavy atom. The summed E-state index contributed by atoms with van der Waals surface area (Å²) in [5, 5.41) is 33.8.